The highest BCUT2D eigenvalue weighted by Gasteiger charge is 2.30. The van der Waals surface area contributed by atoms with Crippen molar-refractivity contribution in [1.29, 1.82) is 0 Å². The van der Waals surface area contributed by atoms with Crippen LogP contribution in [0.25, 0.3) is 0 Å². The molecule has 6 heteroatoms. The van der Waals surface area contributed by atoms with E-state index in [2.05, 4.69) is 0 Å². The Balaban J connectivity index is 2.05. The lowest BCUT2D eigenvalue weighted by molar-refractivity contribution is -0.384. The zero-order valence-electron chi connectivity index (χ0n) is 14.5. The van der Waals surface area contributed by atoms with Gasteiger partial charge >= 0.3 is 7.37 Å². The van der Waals surface area contributed by atoms with Crippen molar-refractivity contribution in [3.8, 4) is 5.75 Å². The van der Waals surface area contributed by atoms with Gasteiger partial charge in [0.25, 0.3) is 5.69 Å². The van der Waals surface area contributed by atoms with Crippen LogP contribution >= 0.6 is 7.37 Å². The van der Waals surface area contributed by atoms with Crippen molar-refractivity contribution in [1.82, 2.24) is 0 Å². The van der Waals surface area contributed by atoms with Crippen molar-refractivity contribution >= 4 is 23.7 Å². The number of nitrogens with zero attached hydrogens (tertiary/aromatic N) is 1. The Bertz CT molecular complexity index is 915. The normalized spacial score (nSPS) is 11.2. The van der Waals surface area contributed by atoms with E-state index in [9.17, 15) is 14.7 Å². The third-order valence-electron chi connectivity index (χ3n) is 4.03. The molecule has 0 aliphatic rings. The Kier molecular flexibility index (Phi) is 4.92. The fourth-order valence-corrected chi connectivity index (χ4v) is 4.52. The monoisotopic (exact) mass is 367 g/mol. The fourth-order valence-electron chi connectivity index (χ4n) is 2.51. The summed E-state index contributed by atoms with van der Waals surface area (Å²) in [5.74, 6) is 0.320. The van der Waals surface area contributed by atoms with Crippen molar-refractivity contribution in [2.75, 3.05) is 0 Å². The van der Waals surface area contributed by atoms with Crippen molar-refractivity contribution in [3.05, 3.63) is 94.0 Å². The molecule has 0 unspecified atom stereocenters. The predicted molar refractivity (Wildman–Crippen MR) is 103 cm³/mol. The van der Waals surface area contributed by atoms with Crippen LogP contribution in [0.1, 0.15) is 11.1 Å². The summed E-state index contributed by atoms with van der Waals surface area (Å²) in [5.41, 5.74) is 2.07. The number of rotatable bonds is 5. The largest absolute Gasteiger partial charge is 0.437 e. The lowest BCUT2D eigenvalue weighted by Crippen LogP contribution is -2.20. The first-order valence-corrected chi connectivity index (χ1v) is 9.69. The molecule has 0 atom stereocenters. The molecule has 5 nitrogen and oxygen atoms in total. The zero-order chi connectivity index (χ0) is 18.7. The Labute approximate surface area is 151 Å². The summed E-state index contributed by atoms with van der Waals surface area (Å²) in [6.07, 6.45) is 0. The maximum absolute atomic E-state index is 13.9. The molecule has 0 bridgehead atoms. The van der Waals surface area contributed by atoms with Crippen LogP contribution in [0, 0.1) is 24.0 Å². The maximum Gasteiger partial charge on any atom is 0.306 e. The van der Waals surface area contributed by atoms with E-state index in [1.54, 1.807) is 24.3 Å². The highest BCUT2D eigenvalue weighted by molar-refractivity contribution is 7.74. The van der Waals surface area contributed by atoms with E-state index in [1.165, 1.54) is 24.3 Å². The SMILES string of the molecule is Cc1ccc(P(=O)(Oc2ccc([N+](=O)[O-])cc2)c2ccc(C)cc2)cc1. The van der Waals surface area contributed by atoms with Gasteiger partial charge in [-0.1, -0.05) is 35.4 Å². The Morgan fingerprint density at radius 1 is 0.769 bits per heavy atom. The van der Waals surface area contributed by atoms with E-state index in [1.807, 2.05) is 38.1 Å². The first kappa shape index (κ1) is 17.9. The molecule has 0 saturated carbocycles. The molecule has 0 fully saturated rings. The van der Waals surface area contributed by atoms with Crippen molar-refractivity contribution in [3.63, 3.8) is 0 Å². The summed E-state index contributed by atoms with van der Waals surface area (Å²) in [6, 6.07) is 20.3. The second-order valence-electron chi connectivity index (χ2n) is 6.06. The van der Waals surface area contributed by atoms with E-state index < -0.39 is 12.3 Å². The van der Waals surface area contributed by atoms with Crippen molar-refractivity contribution < 1.29 is 14.0 Å². The first-order valence-electron chi connectivity index (χ1n) is 8.07. The molecule has 0 aromatic heterocycles. The molecule has 0 spiro atoms. The smallest absolute Gasteiger partial charge is 0.306 e. The summed E-state index contributed by atoms with van der Waals surface area (Å²) in [4.78, 5) is 10.3. The van der Waals surface area contributed by atoms with E-state index in [-0.39, 0.29) is 5.69 Å². The van der Waals surface area contributed by atoms with Crippen LogP contribution in [0.2, 0.25) is 0 Å². The van der Waals surface area contributed by atoms with Gasteiger partial charge in [0.2, 0.25) is 0 Å². The molecule has 0 N–H and O–H groups in total. The second-order valence-corrected chi connectivity index (χ2v) is 8.38. The summed E-state index contributed by atoms with van der Waals surface area (Å²) >= 11 is 0. The number of non-ortho nitro benzene ring substituents is 1. The van der Waals surface area contributed by atoms with Crippen LogP contribution < -0.4 is 15.1 Å². The van der Waals surface area contributed by atoms with Gasteiger partial charge in [-0.25, -0.2) is 0 Å². The molecule has 3 aromatic rings. The Hall–Kier alpha value is -2.91. The number of benzene rings is 3. The van der Waals surface area contributed by atoms with Gasteiger partial charge in [0, 0.05) is 12.1 Å². The van der Waals surface area contributed by atoms with Gasteiger partial charge in [0.05, 0.1) is 15.5 Å². The van der Waals surface area contributed by atoms with Crippen molar-refractivity contribution in [2.24, 2.45) is 0 Å². The van der Waals surface area contributed by atoms with Crippen LogP contribution in [-0.2, 0) is 4.57 Å². The fraction of sp³-hybridized carbons (Fsp3) is 0.100. The van der Waals surface area contributed by atoms with Gasteiger partial charge in [0.15, 0.2) is 0 Å². The van der Waals surface area contributed by atoms with Crippen LogP contribution in [-0.4, -0.2) is 4.92 Å². The highest BCUT2D eigenvalue weighted by Crippen LogP contribution is 2.45. The van der Waals surface area contributed by atoms with E-state index in [0.717, 1.165) is 11.1 Å². The molecule has 0 aliphatic heterocycles. The molecule has 0 amide bonds. The minimum Gasteiger partial charge on any atom is -0.437 e. The second kappa shape index (κ2) is 7.14. The number of hydrogen-bond donors (Lipinski definition) is 0. The van der Waals surface area contributed by atoms with Gasteiger partial charge < -0.3 is 4.52 Å². The van der Waals surface area contributed by atoms with Crippen LogP contribution in [0.3, 0.4) is 0 Å². The van der Waals surface area contributed by atoms with Crippen molar-refractivity contribution in [2.45, 2.75) is 13.8 Å². The quantitative estimate of drug-likeness (QED) is 0.378. The van der Waals surface area contributed by atoms with Crippen LogP contribution in [0.5, 0.6) is 5.75 Å². The van der Waals surface area contributed by atoms with E-state index in [0.29, 0.717) is 16.4 Å². The van der Waals surface area contributed by atoms with Gasteiger partial charge in [-0.3, -0.25) is 14.7 Å². The summed E-state index contributed by atoms with van der Waals surface area (Å²) < 4.78 is 19.8. The average Bonchev–Trinajstić information content (AvgIpc) is 2.63. The summed E-state index contributed by atoms with van der Waals surface area (Å²) in [6.45, 7) is 3.91. The topological polar surface area (TPSA) is 69.4 Å². The molecule has 0 aliphatic carbocycles. The molecular formula is C20H18NO4P. The first-order chi connectivity index (χ1) is 12.4. The molecule has 3 rings (SSSR count). The third kappa shape index (κ3) is 3.68. The number of nitro benzene ring substituents is 1. The highest BCUT2D eigenvalue weighted by atomic mass is 31.2. The Morgan fingerprint density at radius 3 is 1.58 bits per heavy atom. The molecule has 3 aromatic carbocycles. The number of aryl methyl sites for hydroxylation is 2. The maximum atomic E-state index is 13.9. The van der Waals surface area contributed by atoms with E-state index >= 15 is 0 Å². The summed E-state index contributed by atoms with van der Waals surface area (Å²) in [5, 5.41) is 12.0. The summed E-state index contributed by atoms with van der Waals surface area (Å²) in [7, 11) is -3.39. The number of nitro groups is 1. The number of hydrogen-bond acceptors (Lipinski definition) is 4. The predicted octanol–water partition coefficient (Wildman–Crippen LogP) is 4.52. The average molecular weight is 367 g/mol. The van der Waals surface area contributed by atoms with Gasteiger partial charge in [0.1, 0.15) is 5.75 Å². The lowest BCUT2D eigenvalue weighted by atomic mass is 10.2. The molecule has 132 valence electrons. The van der Waals surface area contributed by atoms with Gasteiger partial charge in [-0.05, 0) is 50.2 Å². The van der Waals surface area contributed by atoms with Gasteiger partial charge in [-0.2, -0.15) is 0 Å². The third-order valence-corrected chi connectivity index (χ3v) is 6.45. The standard InChI is InChI=1S/C20H18NO4P/c1-15-3-11-19(12-4-15)26(24,20-13-5-16(2)6-14-20)25-18-9-7-17(8-10-18)21(22)23/h3-14H,1-2H3. The minimum atomic E-state index is -3.39. The van der Waals surface area contributed by atoms with E-state index in [4.69, 9.17) is 4.52 Å². The molecule has 0 saturated heterocycles. The molecule has 0 heterocycles. The van der Waals surface area contributed by atoms with Crippen LogP contribution in [0.15, 0.2) is 72.8 Å². The Morgan fingerprint density at radius 2 is 1.19 bits per heavy atom. The molecule has 0 radical (unpaired) electrons. The minimum absolute atomic E-state index is 0.0437. The lowest BCUT2D eigenvalue weighted by Gasteiger charge is -2.20. The van der Waals surface area contributed by atoms with Gasteiger partial charge in [-0.15, -0.1) is 0 Å². The molecule has 26 heavy (non-hydrogen) atoms. The molecular weight excluding hydrogens is 349 g/mol. The van der Waals surface area contributed by atoms with Crippen LogP contribution in [0.4, 0.5) is 5.69 Å². The zero-order valence-corrected chi connectivity index (χ0v) is 15.4.